The summed E-state index contributed by atoms with van der Waals surface area (Å²) in [7, 11) is 0. The van der Waals surface area contributed by atoms with Crippen LogP contribution in [0.15, 0.2) is 0 Å². The highest BCUT2D eigenvalue weighted by Crippen LogP contribution is 2.22. The summed E-state index contributed by atoms with van der Waals surface area (Å²) in [6.07, 6.45) is 0.904. The standard InChI is InChI=1S/C14H25N3O5/c1-14(2,3)22-13(21)16-10(11(18)19)8-9-4-6-17(7-5-9)12(15)20/h9-10H,4-8H2,1-3H3,(H2,15,20)(H,16,21)(H,18,19)/t10-/m0/s1. The van der Waals surface area contributed by atoms with Crippen molar-refractivity contribution in [1.29, 1.82) is 0 Å². The van der Waals surface area contributed by atoms with Crippen molar-refractivity contribution in [3.8, 4) is 0 Å². The zero-order valence-corrected chi connectivity index (χ0v) is 13.3. The number of primary amides is 1. The third-order valence-electron chi connectivity index (χ3n) is 3.48. The monoisotopic (exact) mass is 315 g/mol. The number of piperidine rings is 1. The first-order valence-electron chi connectivity index (χ1n) is 7.35. The Labute approximate surface area is 130 Å². The highest BCUT2D eigenvalue weighted by molar-refractivity contribution is 5.80. The molecule has 0 spiro atoms. The van der Waals surface area contributed by atoms with E-state index >= 15 is 0 Å². The Kier molecular flexibility index (Phi) is 6.01. The molecule has 1 saturated heterocycles. The first-order valence-corrected chi connectivity index (χ1v) is 7.35. The van der Waals surface area contributed by atoms with Gasteiger partial charge in [0.1, 0.15) is 11.6 Å². The summed E-state index contributed by atoms with van der Waals surface area (Å²) >= 11 is 0. The molecular formula is C14H25N3O5. The van der Waals surface area contributed by atoms with Crippen molar-refractivity contribution in [2.24, 2.45) is 11.7 Å². The van der Waals surface area contributed by atoms with Crippen LogP contribution in [0.5, 0.6) is 0 Å². The quantitative estimate of drug-likeness (QED) is 0.718. The van der Waals surface area contributed by atoms with E-state index < -0.39 is 29.7 Å². The van der Waals surface area contributed by atoms with Gasteiger partial charge in [0.25, 0.3) is 0 Å². The summed E-state index contributed by atoms with van der Waals surface area (Å²) in [5, 5.41) is 11.6. The number of carboxylic acid groups (broad SMARTS) is 1. The number of likely N-dealkylation sites (tertiary alicyclic amines) is 1. The molecule has 1 heterocycles. The molecule has 0 saturated carbocycles. The van der Waals surface area contributed by atoms with Crippen LogP contribution in [-0.4, -0.2) is 52.8 Å². The molecule has 0 aromatic carbocycles. The average molecular weight is 315 g/mol. The van der Waals surface area contributed by atoms with Gasteiger partial charge in [-0.1, -0.05) is 0 Å². The van der Waals surface area contributed by atoms with Crippen molar-refractivity contribution in [2.75, 3.05) is 13.1 Å². The number of amides is 3. The molecule has 1 aliphatic rings. The number of rotatable bonds is 4. The maximum Gasteiger partial charge on any atom is 0.408 e. The number of urea groups is 1. The molecule has 1 rings (SSSR count). The Bertz CT molecular complexity index is 425. The molecule has 126 valence electrons. The number of carboxylic acids is 1. The van der Waals surface area contributed by atoms with Crippen LogP contribution in [0, 0.1) is 5.92 Å². The number of nitrogens with zero attached hydrogens (tertiary/aromatic N) is 1. The van der Waals surface area contributed by atoms with E-state index in [9.17, 15) is 19.5 Å². The third-order valence-corrected chi connectivity index (χ3v) is 3.48. The number of nitrogens with two attached hydrogens (primary N) is 1. The lowest BCUT2D eigenvalue weighted by molar-refractivity contribution is -0.140. The number of carbonyl (C=O) groups excluding carboxylic acids is 2. The van der Waals surface area contributed by atoms with Crippen molar-refractivity contribution in [2.45, 2.75) is 51.7 Å². The van der Waals surface area contributed by atoms with Gasteiger partial charge in [-0.15, -0.1) is 0 Å². The lowest BCUT2D eigenvalue weighted by Crippen LogP contribution is -2.46. The van der Waals surface area contributed by atoms with Gasteiger partial charge in [-0.05, 0) is 46.0 Å². The molecule has 0 aliphatic carbocycles. The van der Waals surface area contributed by atoms with Crippen molar-refractivity contribution >= 4 is 18.1 Å². The average Bonchev–Trinajstić information content (AvgIpc) is 2.36. The summed E-state index contributed by atoms with van der Waals surface area (Å²) in [6, 6.07) is -1.46. The first kappa shape index (κ1) is 18.1. The number of hydrogen-bond donors (Lipinski definition) is 3. The van der Waals surface area contributed by atoms with Crippen LogP contribution in [0.3, 0.4) is 0 Å². The minimum absolute atomic E-state index is 0.117. The number of carbonyl (C=O) groups is 3. The van der Waals surface area contributed by atoms with Crippen LogP contribution in [0.4, 0.5) is 9.59 Å². The molecular weight excluding hydrogens is 290 g/mol. The molecule has 0 unspecified atom stereocenters. The molecule has 8 nitrogen and oxygen atoms in total. The Morgan fingerprint density at radius 3 is 2.27 bits per heavy atom. The van der Waals surface area contributed by atoms with Gasteiger partial charge < -0.3 is 25.8 Å². The molecule has 3 amide bonds. The fraction of sp³-hybridized carbons (Fsp3) is 0.786. The molecule has 0 bridgehead atoms. The minimum atomic E-state index is -1.09. The minimum Gasteiger partial charge on any atom is -0.480 e. The number of hydrogen-bond acceptors (Lipinski definition) is 4. The molecule has 22 heavy (non-hydrogen) atoms. The first-order chi connectivity index (χ1) is 10.1. The normalized spacial score (nSPS) is 17.7. The molecule has 1 fully saturated rings. The fourth-order valence-corrected chi connectivity index (χ4v) is 2.39. The van der Waals surface area contributed by atoms with Crippen molar-refractivity contribution in [1.82, 2.24) is 10.2 Å². The number of ether oxygens (including phenoxy) is 1. The summed E-state index contributed by atoms with van der Waals surface area (Å²) in [4.78, 5) is 35.6. The van der Waals surface area contributed by atoms with E-state index in [-0.39, 0.29) is 5.92 Å². The van der Waals surface area contributed by atoms with Gasteiger partial charge in [0.2, 0.25) is 0 Å². The maximum absolute atomic E-state index is 11.7. The van der Waals surface area contributed by atoms with Crippen LogP contribution in [0.2, 0.25) is 0 Å². The Hall–Kier alpha value is -1.99. The van der Waals surface area contributed by atoms with Crippen molar-refractivity contribution < 1.29 is 24.2 Å². The third kappa shape index (κ3) is 6.19. The van der Waals surface area contributed by atoms with Crippen LogP contribution in [-0.2, 0) is 9.53 Å². The second-order valence-electron chi connectivity index (χ2n) is 6.54. The van der Waals surface area contributed by atoms with Crippen LogP contribution < -0.4 is 11.1 Å². The van der Waals surface area contributed by atoms with Crippen LogP contribution in [0.25, 0.3) is 0 Å². The smallest absolute Gasteiger partial charge is 0.408 e. The topological polar surface area (TPSA) is 122 Å². The number of nitrogens with one attached hydrogen (secondary N) is 1. The Balaban J connectivity index is 2.50. The summed E-state index contributed by atoms with van der Waals surface area (Å²) in [5.41, 5.74) is 4.53. The highest BCUT2D eigenvalue weighted by atomic mass is 16.6. The second kappa shape index (κ2) is 7.33. The van der Waals surface area contributed by atoms with Gasteiger partial charge in [0.15, 0.2) is 0 Å². The largest absolute Gasteiger partial charge is 0.480 e. The van der Waals surface area contributed by atoms with Gasteiger partial charge >= 0.3 is 18.1 Å². The van der Waals surface area contributed by atoms with Gasteiger partial charge in [-0.25, -0.2) is 14.4 Å². The number of aliphatic carboxylic acids is 1. The van der Waals surface area contributed by atoms with E-state index in [0.29, 0.717) is 32.4 Å². The Morgan fingerprint density at radius 1 is 1.32 bits per heavy atom. The SMILES string of the molecule is CC(C)(C)OC(=O)N[C@@H](CC1CCN(C(N)=O)CC1)C(=O)O. The molecule has 4 N–H and O–H groups in total. The van der Waals surface area contributed by atoms with Gasteiger partial charge in [0, 0.05) is 13.1 Å². The molecule has 0 aromatic rings. The zero-order chi connectivity index (χ0) is 16.9. The van der Waals surface area contributed by atoms with E-state index in [1.807, 2.05) is 0 Å². The molecule has 8 heteroatoms. The molecule has 0 radical (unpaired) electrons. The van der Waals surface area contributed by atoms with Gasteiger partial charge in [-0.3, -0.25) is 0 Å². The van der Waals surface area contributed by atoms with E-state index in [1.165, 1.54) is 4.90 Å². The predicted octanol–water partition coefficient (Wildman–Crippen LogP) is 1.15. The summed E-state index contributed by atoms with van der Waals surface area (Å²) in [5.74, 6) is -0.977. The van der Waals surface area contributed by atoms with Gasteiger partial charge in [0.05, 0.1) is 0 Å². The highest BCUT2D eigenvalue weighted by Gasteiger charge is 2.29. The molecule has 1 aliphatic heterocycles. The second-order valence-corrected chi connectivity index (χ2v) is 6.54. The lowest BCUT2D eigenvalue weighted by Gasteiger charge is -2.32. The zero-order valence-electron chi connectivity index (χ0n) is 13.3. The van der Waals surface area contributed by atoms with Crippen LogP contribution >= 0.6 is 0 Å². The fourth-order valence-electron chi connectivity index (χ4n) is 2.39. The van der Waals surface area contributed by atoms with Crippen LogP contribution in [0.1, 0.15) is 40.0 Å². The van der Waals surface area contributed by atoms with Gasteiger partial charge in [-0.2, -0.15) is 0 Å². The molecule has 1 atom stereocenters. The Morgan fingerprint density at radius 2 is 1.86 bits per heavy atom. The van der Waals surface area contributed by atoms with E-state index in [4.69, 9.17) is 10.5 Å². The van der Waals surface area contributed by atoms with E-state index in [0.717, 1.165) is 0 Å². The van der Waals surface area contributed by atoms with E-state index in [1.54, 1.807) is 20.8 Å². The predicted molar refractivity (Wildman–Crippen MR) is 79.3 cm³/mol. The lowest BCUT2D eigenvalue weighted by atomic mass is 9.90. The summed E-state index contributed by atoms with van der Waals surface area (Å²) in [6.45, 7) is 6.16. The van der Waals surface area contributed by atoms with E-state index in [2.05, 4.69) is 5.32 Å². The summed E-state index contributed by atoms with van der Waals surface area (Å²) < 4.78 is 5.07. The van der Waals surface area contributed by atoms with Crippen molar-refractivity contribution in [3.63, 3.8) is 0 Å². The maximum atomic E-state index is 11.7. The molecule has 0 aromatic heterocycles. The van der Waals surface area contributed by atoms with Crippen molar-refractivity contribution in [3.05, 3.63) is 0 Å². The number of alkyl carbamates (subject to hydrolysis) is 1.